The lowest BCUT2D eigenvalue weighted by Gasteiger charge is -2.09. The van der Waals surface area contributed by atoms with Gasteiger partial charge < -0.3 is 10.6 Å². The fourth-order valence-corrected chi connectivity index (χ4v) is 1.43. The topological polar surface area (TPSA) is 58.2 Å². The van der Waals surface area contributed by atoms with Crippen LogP contribution in [0.15, 0.2) is 24.3 Å². The second kappa shape index (κ2) is 6.27. The molecular formula is C11H13BrN2O2. The minimum absolute atomic E-state index is 0.191. The van der Waals surface area contributed by atoms with E-state index in [2.05, 4.69) is 26.6 Å². The second-order valence-electron chi connectivity index (χ2n) is 3.17. The molecular weight excluding hydrogens is 272 g/mol. The first kappa shape index (κ1) is 12.7. The first-order chi connectivity index (χ1) is 7.65. The number of amides is 2. The summed E-state index contributed by atoms with van der Waals surface area (Å²) in [6, 6.07) is 6.90. The monoisotopic (exact) mass is 284 g/mol. The summed E-state index contributed by atoms with van der Waals surface area (Å²) >= 11 is 3.22. The standard InChI is InChI=1S/C11H13BrN2O2/c1-8(15)14-10-5-3-2-4-9(10)11(16)13-7-6-12/h2-5H,6-7H2,1H3,(H,13,16)(H,14,15). The number of para-hydroxylation sites is 1. The van der Waals surface area contributed by atoms with Crippen LogP contribution in [0.5, 0.6) is 0 Å². The summed E-state index contributed by atoms with van der Waals surface area (Å²) in [7, 11) is 0. The Hall–Kier alpha value is -1.36. The SMILES string of the molecule is CC(=O)Nc1ccccc1C(=O)NCCBr. The number of anilines is 1. The quantitative estimate of drug-likeness (QED) is 0.828. The maximum absolute atomic E-state index is 11.7. The molecule has 1 rings (SSSR count). The third kappa shape index (κ3) is 3.66. The first-order valence-corrected chi connectivity index (χ1v) is 5.98. The molecule has 4 nitrogen and oxygen atoms in total. The van der Waals surface area contributed by atoms with Gasteiger partial charge in [0, 0.05) is 18.8 Å². The Balaban J connectivity index is 2.85. The summed E-state index contributed by atoms with van der Waals surface area (Å²) in [4.78, 5) is 22.7. The fraction of sp³-hybridized carbons (Fsp3) is 0.273. The van der Waals surface area contributed by atoms with Crippen LogP contribution in [0.1, 0.15) is 17.3 Å². The Bertz CT molecular complexity index is 393. The third-order valence-corrected chi connectivity index (χ3v) is 2.26. The molecule has 1 aromatic carbocycles. The van der Waals surface area contributed by atoms with E-state index in [0.717, 1.165) is 0 Å². The Morgan fingerprint density at radius 3 is 2.62 bits per heavy atom. The van der Waals surface area contributed by atoms with Gasteiger partial charge in [-0.05, 0) is 12.1 Å². The molecule has 0 aliphatic rings. The van der Waals surface area contributed by atoms with Gasteiger partial charge in [0.2, 0.25) is 5.91 Å². The number of nitrogens with one attached hydrogen (secondary N) is 2. The lowest BCUT2D eigenvalue weighted by molar-refractivity contribution is -0.114. The Labute approximate surface area is 103 Å². The summed E-state index contributed by atoms with van der Waals surface area (Å²) in [6.07, 6.45) is 0. The lowest BCUT2D eigenvalue weighted by atomic mass is 10.1. The number of hydrogen-bond acceptors (Lipinski definition) is 2. The molecule has 1 aromatic rings. The van der Waals surface area contributed by atoms with Crippen molar-refractivity contribution in [2.24, 2.45) is 0 Å². The van der Waals surface area contributed by atoms with Crippen LogP contribution < -0.4 is 10.6 Å². The van der Waals surface area contributed by atoms with Gasteiger partial charge in [-0.2, -0.15) is 0 Å². The predicted molar refractivity (Wildman–Crippen MR) is 66.9 cm³/mol. The van der Waals surface area contributed by atoms with E-state index >= 15 is 0 Å². The minimum Gasteiger partial charge on any atom is -0.351 e. The van der Waals surface area contributed by atoms with Crippen LogP contribution >= 0.6 is 15.9 Å². The minimum atomic E-state index is -0.194. The number of carbonyl (C=O) groups is 2. The molecule has 2 amide bonds. The van der Waals surface area contributed by atoms with E-state index < -0.39 is 0 Å². The maximum Gasteiger partial charge on any atom is 0.253 e. The molecule has 2 N–H and O–H groups in total. The van der Waals surface area contributed by atoms with Crippen LogP contribution in [0, 0.1) is 0 Å². The summed E-state index contributed by atoms with van der Waals surface area (Å²) in [6.45, 7) is 1.96. The second-order valence-corrected chi connectivity index (χ2v) is 3.96. The van der Waals surface area contributed by atoms with Crippen molar-refractivity contribution < 1.29 is 9.59 Å². The molecule has 0 unspecified atom stereocenters. The van der Waals surface area contributed by atoms with Crippen LogP contribution in [0.4, 0.5) is 5.69 Å². The van der Waals surface area contributed by atoms with Crippen LogP contribution in [0.25, 0.3) is 0 Å². The van der Waals surface area contributed by atoms with Crippen molar-refractivity contribution in [3.8, 4) is 0 Å². The van der Waals surface area contributed by atoms with E-state index in [4.69, 9.17) is 0 Å². The highest BCUT2D eigenvalue weighted by Gasteiger charge is 2.10. The highest BCUT2D eigenvalue weighted by molar-refractivity contribution is 9.09. The Morgan fingerprint density at radius 2 is 2.00 bits per heavy atom. The maximum atomic E-state index is 11.7. The number of carbonyl (C=O) groups excluding carboxylic acids is 2. The molecule has 0 radical (unpaired) electrons. The van der Waals surface area contributed by atoms with Crippen molar-refractivity contribution >= 4 is 33.4 Å². The van der Waals surface area contributed by atoms with Crippen molar-refractivity contribution in [1.29, 1.82) is 0 Å². The number of rotatable bonds is 4. The van der Waals surface area contributed by atoms with Crippen molar-refractivity contribution in [2.75, 3.05) is 17.2 Å². The third-order valence-electron chi connectivity index (χ3n) is 1.86. The summed E-state index contributed by atoms with van der Waals surface area (Å²) in [5.41, 5.74) is 1.00. The highest BCUT2D eigenvalue weighted by Crippen LogP contribution is 2.14. The number of halogens is 1. The van der Waals surface area contributed by atoms with Gasteiger partial charge in [-0.1, -0.05) is 28.1 Å². The molecule has 0 spiro atoms. The van der Waals surface area contributed by atoms with Crippen molar-refractivity contribution in [2.45, 2.75) is 6.92 Å². The molecule has 0 saturated heterocycles. The zero-order chi connectivity index (χ0) is 12.0. The van der Waals surface area contributed by atoms with E-state index in [1.807, 2.05) is 0 Å². The molecule has 86 valence electrons. The molecule has 0 saturated carbocycles. The molecule has 0 atom stereocenters. The van der Waals surface area contributed by atoms with Crippen molar-refractivity contribution in [1.82, 2.24) is 5.32 Å². The van der Waals surface area contributed by atoms with Gasteiger partial charge in [0.15, 0.2) is 0 Å². The average molecular weight is 285 g/mol. The molecule has 0 aliphatic carbocycles. The molecule has 5 heteroatoms. The molecule has 16 heavy (non-hydrogen) atoms. The van der Waals surface area contributed by atoms with Crippen LogP contribution in [0.3, 0.4) is 0 Å². The largest absolute Gasteiger partial charge is 0.351 e. The fourth-order valence-electron chi connectivity index (χ4n) is 1.24. The lowest BCUT2D eigenvalue weighted by Crippen LogP contribution is -2.26. The van der Waals surface area contributed by atoms with Gasteiger partial charge in [0.25, 0.3) is 5.91 Å². The van der Waals surface area contributed by atoms with E-state index in [0.29, 0.717) is 23.1 Å². The van der Waals surface area contributed by atoms with Crippen LogP contribution in [-0.2, 0) is 4.79 Å². The van der Waals surface area contributed by atoms with Gasteiger partial charge in [-0.15, -0.1) is 0 Å². The summed E-state index contributed by atoms with van der Waals surface area (Å²) in [5.74, 6) is -0.385. The normalized spacial score (nSPS) is 9.62. The molecule has 0 heterocycles. The zero-order valence-electron chi connectivity index (χ0n) is 8.92. The van der Waals surface area contributed by atoms with Crippen molar-refractivity contribution in [3.05, 3.63) is 29.8 Å². The summed E-state index contributed by atoms with van der Waals surface area (Å²) < 4.78 is 0. The molecule has 0 aromatic heterocycles. The first-order valence-electron chi connectivity index (χ1n) is 4.86. The van der Waals surface area contributed by atoms with Gasteiger partial charge in [0.1, 0.15) is 0 Å². The molecule has 0 aliphatic heterocycles. The number of benzene rings is 1. The van der Waals surface area contributed by atoms with E-state index in [9.17, 15) is 9.59 Å². The number of alkyl halides is 1. The van der Waals surface area contributed by atoms with E-state index in [1.165, 1.54) is 6.92 Å². The number of hydrogen-bond donors (Lipinski definition) is 2. The Morgan fingerprint density at radius 1 is 1.31 bits per heavy atom. The predicted octanol–water partition coefficient (Wildman–Crippen LogP) is 1.77. The van der Waals surface area contributed by atoms with Gasteiger partial charge >= 0.3 is 0 Å². The molecule has 0 bridgehead atoms. The van der Waals surface area contributed by atoms with E-state index in [1.54, 1.807) is 24.3 Å². The van der Waals surface area contributed by atoms with E-state index in [-0.39, 0.29) is 11.8 Å². The van der Waals surface area contributed by atoms with Crippen LogP contribution in [-0.4, -0.2) is 23.7 Å². The van der Waals surface area contributed by atoms with Gasteiger partial charge in [-0.25, -0.2) is 0 Å². The molecule has 0 fully saturated rings. The smallest absolute Gasteiger partial charge is 0.253 e. The van der Waals surface area contributed by atoms with Crippen LogP contribution in [0.2, 0.25) is 0 Å². The van der Waals surface area contributed by atoms with Gasteiger partial charge in [-0.3, -0.25) is 9.59 Å². The Kier molecular flexibility index (Phi) is 4.98. The van der Waals surface area contributed by atoms with Crippen molar-refractivity contribution in [3.63, 3.8) is 0 Å². The zero-order valence-corrected chi connectivity index (χ0v) is 10.5. The average Bonchev–Trinajstić information content (AvgIpc) is 2.26. The highest BCUT2D eigenvalue weighted by atomic mass is 79.9. The summed E-state index contributed by atoms with van der Waals surface area (Å²) in [5, 5.41) is 6.04. The van der Waals surface area contributed by atoms with Gasteiger partial charge in [0.05, 0.1) is 11.3 Å².